The fraction of sp³-hybridized carbons (Fsp3) is 0.125. The molecule has 0 amide bonds. The van der Waals surface area contributed by atoms with Crippen molar-refractivity contribution in [3.05, 3.63) is 35.7 Å². The van der Waals surface area contributed by atoms with Crippen LogP contribution >= 0.6 is 0 Å². The highest BCUT2D eigenvalue weighted by Gasteiger charge is 2.05. The Morgan fingerprint density at radius 2 is 2.18 bits per heavy atom. The Hall–Kier alpha value is -1.25. The molecule has 1 heterocycles. The minimum atomic E-state index is -0.778. The Kier molecular flexibility index (Phi) is 1.98. The van der Waals surface area contributed by atoms with Crippen LogP contribution in [-0.2, 0) is 0 Å². The molecule has 0 unspecified atom stereocenters. The maximum atomic E-state index is 12.7. The van der Waals surface area contributed by atoms with Crippen LogP contribution in [0.3, 0.4) is 0 Å². The van der Waals surface area contributed by atoms with Crippen LogP contribution in [0.5, 0.6) is 0 Å². The third-order valence-electron chi connectivity index (χ3n) is 1.38. The Bertz CT molecular complexity index is 271. The highest BCUT2D eigenvalue weighted by molar-refractivity contribution is 5.41. The quantitative estimate of drug-likeness (QED) is 0.567. The van der Waals surface area contributed by atoms with Crippen molar-refractivity contribution in [1.29, 1.82) is 0 Å². The number of hydrogen-bond acceptors (Lipinski definition) is 1. The molecule has 0 atom stereocenters. The molecular weight excluding hydrogens is 148 g/mol. The summed E-state index contributed by atoms with van der Waals surface area (Å²) in [6, 6.07) is 1.14. The van der Waals surface area contributed by atoms with Gasteiger partial charge < -0.3 is 0 Å². The molecule has 0 aliphatic heterocycles. The van der Waals surface area contributed by atoms with Gasteiger partial charge in [0, 0.05) is 11.6 Å². The van der Waals surface area contributed by atoms with Gasteiger partial charge in [-0.05, 0) is 13.0 Å². The summed E-state index contributed by atoms with van der Waals surface area (Å²) in [4.78, 5) is 3.43. The molecule has 1 rings (SSSR count). The van der Waals surface area contributed by atoms with E-state index in [1.807, 2.05) is 0 Å². The van der Waals surface area contributed by atoms with Crippen molar-refractivity contribution in [3.8, 4) is 0 Å². The van der Waals surface area contributed by atoms with E-state index in [4.69, 9.17) is 0 Å². The van der Waals surface area contributed by atoms with Gasteiger partial charge in [0.25, 0.3) is 0 Å². The van der Waals surface area contributed by atoms with Crippen LogP contribution in [0.4, 0.5) is 8.78 Å². The van der Waals surface area contributed by atoms with Crippen LogP contribution in [0.2, 0.25) is 0 Å². The van der Waals surface area contributed by atoms with E-state index in [1.54, 1.807) is 0 Å². The first-order chi connectivity index (χ1) is 5.15. The minimum absolute atomic E-state index is 0.0596. The Balaban J connectivity index is 3.31. The first-order valence-corrected chi connectivity index (χ1v) is 3.10. The van der Waals surface area contributed by atoms with Crippen molar-refractivity contribution in [3.63, 3.8) is 0 Å². The first kappa shape index (κ1) is 7.85. The lowest BCUT2D eigenvalue weighted by Crippen LogP contribution is -1.94. The maximum absolute atomic E-state index is 12.7. The second-order valence-electron chi connectivity index (χ2n) is 2.15. The molecule has 1 nitrogen and oxygen atoms in total. The highest BCUT2D eigenvalue weighted by atomic mass is 19.1. The van der Waals surface area contributed by atoms with Crippen LogP contribution in [0.1, 0.15) is 11.3 Å². The Morgan fingerprint density at radius 1 is 1.55 bits per heavy atom. The summed E-state index contributed by atoms with van der Waals surface area (Å²) in [7, 11) is 0. The third kappa shape index (κ3) is 1.42. The van der Waals surface area contributed by atoms with E-state index in [2.05, 4.69) is 11.6 Å². The van der Waals surface area contributed by atoms with Gasteiger partial charge in [-0.3, -0.25) is 0 Å². The molecule has 0 aliphatic carbocycles. The summed E-state index contributed by atoms with van der Waals surface area (Å²) in [6.07, 6.45) is 1.30. The third-order valence-corrected chi connectivity index (χ3v) is 1.38. The molecule has 1 aromatic rings. The topological polar surface area (TPSA) is 12.9 Å². The summed E-state index contributed by atoms with van der Waals surface area (Å²) in [5.41, 5.74) is 0.154. The number of rotatable bonds is 1. The van der Waals surface area contributed by atoms with Crippen LogP contribution in [0.15, 0.2) is 12.6 Å². The van der Waals surface area contributed by atoms with Crippen LogP contribution in [0.25, 0.3) is 6.08 Å². The zero-order chi connectivity index (χ0) is 8.43. The predicted molar refractivity (Wildman–Crippen MR) is 39.0 cm³/mol. The standard InChI is InChI=1S/C8H7F2N/c1-3-6-4-7(9)5(2)8(10)11-6/h3-4H,1H2,2H3. The molecule has 58 valence electrons. The summed E-state index contributed by atoms with van der Waals surface area (Å²) in [5, 5.41) is 0. The van der Waals surface area contributed by atoms with Crippen molar-refractivity contribution in [2.45, 2.75) is 6.92 Å². The van der Waals surface area contributed by atoms with Gasteiger partial charge in [0.15, 0.2) is 0 Å². The first-order valence-electron chi connectivity index (χ1n) is 3.10. The van der Waals surface area contributed by atoms with Gasteiger partial charge in [-0.2, -0.15) is 4.39 Å². The monoisotopic (exact) mass is 155 g/mol. The van der Waals surface area contributed by atoms with Crippen molar-refractivity contribution in [2.75, 3.05) is 0 Å². The molecule has 0 spiro atoms. The van der Waals surface area contributed by atoms with Gasteiger partial charge in [0.1, 0.15) is 5.82 Å². The summed E-state index contributed by atoms with van der Waals surface area (Å²) >= 11 is 0. The number of aromatic nitrogens is 1. The molecule has 0 aromatic carbocycles. The molecule has 0 N–H and O–H groups in total. The van der Waals surface area contributed by atoms with E-state index in [-0.39, 0.29) is 11.3 Å². The number of pyridine rings is 1. The van der Waals surface area contributed by atoms with Crippen LogP contribution in [0, 0.1) is 18.7 Å². The molecule has 0 saturated carbocycles. The zero-order valence-corrected chi connectivity index (χ0v) is 6.06. The van der Waals surface area contributed by atoms with E-state index >= 15 is 0 Å². The minimum Gasteiger partial charge on any atom is -0.220 e. The molecule has 0 saturated heterocycles. The molecule has 0 radical (unpaired) electrons. The van der Waals surface area contributed by atoms with Crippen molar-refractivity contribution < 1.29 is 8.78 Å². The fourth-order valence-corrected chi connectivity index (χ4v) is 0.671. The van der Waals surface area contributed by atoms with Crippen molar-refractivity contribution >= 4 is 6.08 Å². The largest absolute Gasteiger partial charge is 0.220 e. The normalized spacial score (nSPS) is 9.73. The van der Waals surface area contributed by atoms with Gasteiger partial charge in [0.05, 0.1) is 5.69 Å². The fourth-order valence-electron chi connectivity index (χ4n) is 0.671. The predicted octanol–water partition coefficient (Wildman–Crippen LogP) is 2.31. The highest BCUT2D eigenvalue weighted by Crippen LogP contribution is 2.10. The maximum Gasteiger partial charge on any atom is 0.219 e. The van der Waals surface area contributed by atoms with E-state index in [9.17, 15) is 8.78 Å². The van der Waals surface area contributed by atoms with Crippen LogP contribution in [-0.4, -0.2) is 4.98 Å². The number of halogens is 2. The van der Waals surface area contributed by atoms with Gasteiger partial charge >= 0.3 is 0 Å². The van der Waals surface area contributed by atoms with E-state index in [0.29, 0.717) is 0 Å². The number of nitrogens with zero attached hydrogens (tertiary/aromatic N) is 1. The molecular formula is C8H7F2N. The van der Waals surface area contributed by atoms with E-state index < -0.39 is 11.8 Å². The smallest absolute Gasteiger partial charge is 0.219 e. The average Bonchev–Trinajstić information content (AvgIpc) is 1.99. The lowest BCUT2D eigenvalue weighted by molar-refractivity contribution is 0.536. The van der Waals surface area contributed by atoms with E-state index in [1.165, 1.54) is 13.0 Å². The average molecular weight is 155 g/mol. The molecule has 11 heavy (non-hydrogen) atoms. The summed E-state index contributed by atoms with van der Waals surface area (Å²) < 4.78 is 25.3. The van der Waals surface area contributed by atoms with Crippen molar-refractivity contribution in [1.82, 2.24) is 4.98 Å². The van der Waals surface area contributed by atoms with Gasteiger partial charge in [-0.15, -0.1) is 0 Å². The van der Waals surface area contributed by atoms with E-state index in [0.717, 1.165) is 6.07 Å². The van der Waals surface area contributed by atoms with Gasteiger partial charge in [-0.1, -0.05) is 6.58 Å². The summed E-state index contributed by atoms with van der Waals surface area (Å²) in [6.45, 7) is 4.68. The molecule has 3 heteroatoms. The zero-order valence-electron chi connectivity index (χ0n) is 6.06. The van der Waals surface area contributed by atoms with Gasteiger partial charge in [0.2, 0.25) is 5.95 Å². The molecule has 0 fully saturated rings. The molecule has 0 bridgehead atoms. The second kappa shape index (κ2) is 2.78. The van der Waals surface area contributed by atoms with Crippen molar-refractivity contribution in [2.24, 2.45) is 0 Å². The summed E-state index contributed by atoms with van der Waals surface area (Å²) in [5.74, 6) is -1.37. The van der Waals surface area contributed by atoms with Crippen LogP contribution < -0.4 is 0 Å². The lowest BCUT2D eigenvalue weighted by atomic mass is 10.2. The molecule has 1 aromatic heterocycles. The lowest BCUT2D eigenvalue weighted by Gasteiger charge is -1.98. The second-order valence-corrected chi connectivity index (χ2v) is 2.15. The van der Waals surface area contributed by atoms with Gasteiger partial charge in [-0.25, -0.2) is 9.37 Å². The SMILES string of the molecule is C=Cc1cc(F)c(C)c(F)n1. The Labute approximate surface area is 63.4 Å². The Morgan fingerprint density at radius 3 is 2.64 bits per heavy atom. The molecule has 0 aliphatic rings. The number of hydrogen-bond donors (Lipinski definition) is 0.